The van der Waals surface area contributed by atoms with Crippen LogP contribution in [0, 0.1) is 0 Å². The van der Waals surface area contributed by atoms with Crippen LogP contribution in [0.5, 0.6) is 0 Å². The van der Waals surface area contributed by atoms with Gasteiger partial charge in [-0.1, -0.05) is 48.5 Å². The van der Waals surface area contributed by atoms with Gasteiger partial charge in [-0.2, -0.15) is 0 Å². The summed E-state index contributed by atoms with van der Waals surface area (Å²) in [4.78, 5) is 15.8. The van der Waals surface area contributed by atoms with Gasteiger partial charge in [0.15, 0.2) is 0 Å². The molecule has 4 heteroatoms. The second kappa shape index (κ2) is 6.17. The second-order valence-corrected chi connectivity index (χ2v) is 5.90. The van der Waals surface area contributed by atoms with Gasteiger partial charge >= 0.3 is 0 Å². The van der Waals surface area contributed by atoms with E-state index < -0.39 is 0 Å². The van der Waals surface area contributed by atoms with Crippen molar-refractivity contribution in [2.45, 2.75) is 0 Å². The van der Waals surface area contributed by atoms with E-state index in [1.54, 1.807) is 6.07 Å². The van der Waals surface area contributed by atoms with Gasteiger partial charge in [-0.3, -0.25) is 4.79 Å². The topological polar surface area (TPSA) is 70.9 Å². The molecule has 0 fully saturated rings. The summed E-state index contributed by atoms with van der Waals surface area (Å²) in [5, 5.41) is 3.80. The number of H-pyrrole nitrogens is 1. The number of nitrogens with one attached hydrogen (secondary N) is 2. The maximum absolute atomic E-state index is 12.5. The van der Waals surface area contributed by atoms with Crippen molar-refractivity contribution >= 4 is 28.2 Å². The summed E-state index contributed by atoms with van der Waals surface area (Å²) >= 11 is 0. The number of hydrogen-bond acceptors (Lipinski definition) is 2. The summed E-state index contributed by atoms with van der Waals surface area (Å²) in [5.41, 5.74) is 10.9. The van der Waals surface area contributed by atoms with Gasteiger partial charge in [0.1, 0.15) is 0 Å². The first kappa shape index (κ1) is 15.0. The Morgan fingerprint density at radius 1 is 0.880 bits per heavy atom. The first-order valence-electron chi connectivity index (χ1n) is 8.05. The Morgan fingerprint density at radius 3 is 2.28 bits per heavy atom. The molecule has 0 unspecified atom stereocenters. The molecule has 3 aromatic carbocycles. The van der Waals surface area contributed by atoms with Crippen molar-refractivity contribution in [2.24, 2.45) is 0 Å². The minimum absolute atomic E-state index is 0.178. The van der Waals surface area contributed by atoms with Crippen molar-refractivity contribution in [3.05, 3.63) is 84.4 Å². The molecule has 0 saturated heterocycles. The molecule has 0 aliphatic carbocycles. The lowest BCUT2D eigenvalue weighted by Crippen LogP contribution is -2.12. The number of hydrogen-bond donors (Lipinski definition) is 3. The van der Waals surface area contributed by atoms with Crippen LogP contribution in [0.4, 0.5) is 11.4 Å². The average Bonchev–Trinajstić information content (AvgIpc) is 3.08. The van der Waals surface area contributed by atoms with Crippen LogP contribution in [0.15, 0.2) is 78.9 Å². The Bertz CT molecular complexity index is 1040. The van der Waals surface area contributed by atoms with Crippen LogP contribution in [0.3, 0.4) is 0 Å². The number of nitrogens with two attached hydrogens (primary N) is 1. The molecule has 4 rings (SSSR count). The van der Waals surface area contributed by atoms with Gasteiger partial charge in [-0.15, -0.1) is 0 Å². The number of rotatable bonds is 3. The van der Waals surface area contributed by atoms with E-state index in [0.29, 0.717) is 11.3 Å². The Kier molecular flexibility index (Phi) is 3.71. The third-order valence-corrected chi connectivity index (χ3v) is 4.14. The Balaban J connectivity index is 1.70. The number of benzene rings is 3. The lowest BCUT2D eigenvalue weighted by atomic mass is 10.1. The fraction of sp³-hybridized carbons (Fsp3) is 0. The zero-order valence-corrected chi connectivity index (χ0v) is 13.5. The van der Waals surface area contributed by atoms with E-state index in [0.717, 1.165) is 27.8 Å². The number of nitrogen functional groups attached to an aromatic ring is 1. The van der Waals surface area contributed by atoms with Gasteiger partial charge in [0.2, 0.25) is 0 Å². The molecular weight excluding hydrogens is 310 g/mol. The first-order chi connectivity index (χ1) is 12.2. The van der Waals surface area contributed by atoms with Crippen LogP contribution in [-0.4, -0.2) is 10.9 Å². The van der Waals surface area contributed by atoms with Crippen LogP contribution in [0.1, 0.15) is 10.4 Å². The molecule has 4 nitrogen and oxygen atoms in total. The normalized spacial score (nSPS) is 10.7. The lowest BCUT2D eigenvalue weighted by Gasteiger charge is -2.06. The number of amides is 1. The molecule has 0 saturated carbocycles. The maximum atomic E-state index is 12.5. The summed E-state index contributed by atoms with van der Waals surface area (Å²) < 4.78 is 0. The fourth-order valence-electron chi connectivity index (χ4n) is 2.90. The molecule has 1 amide bonds. The smallest absolute Gasteiger partial charge is 0.255 e. The number of anilines is 2. The summed E-state index contributed by atoms with van der Waals surface area (Å²) in [6.07, 6.45) is 0. The Morgan fingerprint density at radius 2 is 1.56 bits per heavy atom. The molecule has 0 atom stereocenters. The maximum Gasteiger partial charge on any atom is 0.255 e. The number of carbonyl (C=O) groups excluding carboxylic acids is 1. The second-order valence-electron chi connectivity index (χ2n) is 5.90. The van der Waals surface area contributed by atoms with E-state index in [1.807, 2.05) is 72.8 Å². The van der Waals surface area contributed by atoms with Crippen LogP contribution in [-0.2, 0) is 0 Å². The Hall–Kier alpha value is -3.53. The van der Waals surface area contributed by atoms with Gasteiger partial charge in [-0.05, 0) is 35.9 Å². The number of fused-ring (bicyclic) bond motifs is 1. The number of carbonyl (C=O) groups is 1. The molecule has 0 aliphatic heterocycles. The number of aromatic amines is 1. The van der Waals surface area contributed by atoms with E-state index in [1.165, 1.54) is 0 Å². The van der Waals surface area contributed by atoms with Gasteiger partial charge in [0, 0.05) is 22.3 Å². The predicted molar refractivity (Wildman–Crippen MR) is 103 cm³/mol. The summed E-state index contributed by atoms with van der Waals surface area (Å²) in [7, 11) is 0. The largest absolute Gasteiger partial charge is 0.397 e. The molecule has 1 aromatic heterocycles. The molecular formula is C21H17N3O. The van der Waals surface area contributed by atoms with Crippen molar-refractivity contribution < 1.29 is 4.79 Å². The van der Waals surface area contributed by atoms with Crippen LogP contribution in [0.25, 0.3) is 22.2 Å². The third kappa shape index (κ3) is 2.97. The molecule has 0 radical (unpaired) electrons. The van der Waals surface area contributed by atoms with Crippen molar-refractivity contribution in [2.75, 3.05) is 11.1 Å². The van der Waals surface area contributed by atoms with E-state index in [4.69, 9.17) is 5.73 Å². The van der Waals surface area contributed by atoms with E-state index in [-0.39, 0.29) is 5.91 Å². The van der Waals surface area contributed by atoms with Crippen LogP contribution >= 0.6 is 0 Å². The molecule has 1 heterocycles. The minimum atomic E-state index is -0.178. The molecule has 0 aliphatic rings. The van der Waals surface area contributed by atoms with Crippen molar-refractivity contribution in [3.63, 3.8) is 0 Å². The first-order valence-corrected chi connectivity index (χ1v) is 8.05. The minimum Gasteiger partial charge on any atom is -0.397 e. The van der Waals surface area contributed by atoms with Crippen molar-refractivity contribution in [3.8, 4) is 11.3 Å². The molecule has 0 bridgehead atoms. The van der Waals surface area contributed by atoms with Crippen LogP contribution in [0.2, 0.25) is 0 Å². The predicted octanol–water partition coefficient (Wildman–Crippen LogP) is 4.67. The molecule has 25 heavy (non-hydrogen) atoms. The van der Waals surface area contributed by atoms with Gasteiger partial charge in [0.25, 0.3) is 5.91 Å². The van der Waals surface area contributed by atoms with Gasteiger partial charge in [0.05, 0.1) is 11.2 Å². The summed E-state index contributed by atoms with van der Waals surface area (Å²) in [5.74, 6) is -0.178. The van der Waals surface area contributed by atoms with Crippen molar-refractivity contribution in [1.29, 1.82) is 0 Å². The highest BCUT2D eigenvalue weighted by Crippen LogP contribution is 2.29. The fourth-order valence-corrected chi connectivity index (χ4v) is 2.90. The van der Waals surface area contributed by atoms with E-state index >= 15 is 0 Å². The van der Waals surface area contributed by atoms with Crippen LogP contribution < -0.4 is 11.1 Å². The van der Waals surface area contributed by atoms with Gasteiger partial charge < -0.3 is 16.0 Å². The Labute approximate surface area is 145 Å². The average molecular weight is 327 g/mol. The third-order valence-electron chi connectivity index (χ3n) is 4.14. The van der Waals surface area contributed by atoms with Crippen molar-refractivity contribution in [1.82, 2.24) is 4.98 Å². The highest BCUT2D eigenvalue weighted by atomic mass is 16.1. The SMILES string of the molecule is Nc1cc(C(=O)Nc2ccccc2)cc2cc(-c3ccccc3)[nH]c12. The molecule has 4 aromatic rings. The monoisotopic (exact) mass is 327 g/mol. The highest BCUT2D eigenvalue weighted by molar-refractivity contribution is 6.08. The molecule has 4 N–H and O–H groups in total. The number of para-hydroxylation sites is 1. The van der Waals surface area contributed by atoms with E-state index in [9.17, 15) is 4.79 Å². The van der Waals surface area contributed by atoms with Gasteiger partial charge in [-0.25, -0.2) is 0 Å². The molecule has 0 spiro atoms. The zero-order chi connectivity index (χ0) is 17.2. The highest BCUT2D eigenvalue weighted by Gasteiger charge is 2.12. The quantitative estimate of drug-likeness (QED) is 0.479. The summed E-state index contributed by atoms with van der Waals surface area (Å²) in [6.45, 7) is 0. The zero-order valence-electron chi connectivity index (χ0n) is 13.5. The summed E-state index contributed by atoms with van der Waals surface area (Å²) in [6, 6.07) is 25.0. The lowest BCUT2D eigenvalue weighted by molar-refractivity contribution is 0.102. The number of aromatic nitrogens is 1. The standard InChI is InChI=1S/C21H17N3O/c22-18-12-16(21(25)23-17-9-5-2-6-10-17)11-15-13-19(24-20(15)18)14-7-3-1-4-8-14/h1-13,24H,22H2,(H,23,25). The molecule has 122 valence electrons. The van der Waals surface area contributed by atoms with E-state index in [2.05, 4.69) is 10.3 Å².